The van der Waals surface area contributed by atoms with Crippen LogP contribution in [0.25, 0.3) is 0 Å². The third-order valence-electron chi connectivity index (χ3n) is 5.28. The Bertz CT molecular complexity index is 642. The summed E-state index contributed by atoms with van der Waals surface area (Å²) in [5.41, 5.74) is 1.17. The van der Waals surface area contributed by atoms with Crippen LogP contribution >= 0.6 is 0 Å². The first-order chi connectivity index (χ1) is 11.4. The molecule has 1 aromatic rings. The second-order valence-electron chi connectivity index (χ2n) is 6.93. The van der Waals surface area contributed by atoms with Gasteiger partial charge in [0.2, 0.25) is 10.0 Å². The number of sulfonamides is 1. The minimum atomic E-state index is -3.14. The smallest absolute Gasteiger partial charge is 0.216 e. The van der Waals surface area contributed by atoms with Gasteiger partial charge in [0.05, 0.1) is 17.4 Å². The average molecular weight is 353 g/mol. The van der Waals surface area contributed by atoms with Crippen molar-refractivity contribution in [1.82, 2.24) is 14.2 Å². The van der Waals surface area contributed by atoms with Crippen LogP contribution in [-0.4, -0.2) is 66.7 Å². The molecule has 2 aliphatic rings. The quantitative estimate of drug-likeness (QED) is 0.805. The molecule has 2 saturated heterocycles. The van der Waals surface area contributed by atoms with E-state index in [1.165, 1.54) is 5.56 Å². The zero-order valence-corrected chi connectivity index (χ0v) is 15.4. The van der Waals surface area contributed by atoms with Crippen LogP contribution in [0.2, 0.25) is 0 Å². The van der Waals surface area contributed by atoms with Crippen molar-refractivity contribution in [2.45, 2.75) is 50.1 Å². The maximum absolute atomic E-state index is 12.3. The Morgan fingerprint density at radius 1 is 1.29 bits per heavy atom. The highest BCUT2D eigenvalue weighted by Crippen LogP contribution is 2.39. The number of piperidine rings is 1. The normalized spacial score (nSPS) is 27.3. The van der Waals surface area contributed by atoms with Crippen molar-refractivity contribution in [3.05, 3.63) is 30.1 Å². The Hall–Kier alpha value is -1.02. The largest absolute Gasteiger partial charge is 0.378 e. The van der Waals surface area contributed by atoms with Gasteiger partial charge in [0.1, 0.15) is 0 Å². The summed E-state index contributed by atoms with van der Waals surface area (Å²) in [5.74, 6) is 0. The molecule has 0 N–H and O–H groups in total. The van der Waals surface area contributed by atoms with Gasteiger partial charge in [-0.1, -0.05) is 6.07 Å². The molecule has 0 radical (unpaired) electrons. The van der Waals surface area contributed by atoms with Gasteiger partial charge in [-0.15, -0.1) is 0 Å². The number of aromatic nitrogens is 1. The number of pyridine rings is 1. The van der Waals surface area contributed by atoms with Crippen LogP contribution in [0.5, 0.6) is 0 Å². The molecule has 3 heterocycles. The number of hydrogen-bond donors (Lipinski definition) is 0. The fourth-order valence-electron chi connectivity index (χ4n) is 3.76. The molecule has 6 nitrogen and oxygen atoms in total. The first-order valence-corrected chi connectivity index (χ1v) is 10.1. The van der Waals surface area contributed by atoms with Crippen molar-refractivity contribution in [1.29, 1.82) is 0 Å². The van der Waals surface area contributed by atoms with E-state index >= 15 is 0 Å². The monoisotopic (exact) mass is 353 g/mol. The van der Waals surface area contributed by atoms with Gasteiger partial charge in [-0.25, -0.2) is 12.7 Å². The highest BCUT2D eigenvalue weighted by atomic mass is 32.2. The molecule has 0 bridgehead atoms. The third kappa shape index (κ3) is 3.22. The zero-order chi connectivity index (χ0) is 17.3. The lowest BCUT2D eigenvalue weighted by atomic mass is 9.88. The topological polar surface area (TPSA) is 62.7 Å². The highest BCUT2D eigenvalue weighted by Gasteiger charge is 2.45. The van der Waals surface area contributed by atoms with Crippen LogP contribution in [0.15, 0.2) is 24.5 Å². The summed E-state index contributed by atoms with van der Waals surface area (Å²) in [6, 6.07) is 4.67. The first kappa shape index (κ1) is 17.8. The van der Waals surface area contributed by atoms with Gasteiger partial charge in [-0.05, 0) is 38.3 Å². The Morgan fingerprint density at radius 2 is 2.00 bits per heavy atom. The molecule has 2 fully saturated rings. The summed E-state index contributed by atoms with van der Waals surface area (Å²) in [4.78, 5) is 6.68. The van der Waals surface area contributed by atoms with Crippen LogP contribution in [0.3, 0.4) is 0 Å². The van der Waals surface area contributed by atoms with Crippen LogP contribution in [0.1, 0.15) is 38.3 Å². The fourth-order valence-corrected chi connectivity index (χ4v) is 5.08. The number of ether oxygens (including phenoxy) is 1. The summed E-state index contributed by atoms with van der Waals surface area (Å²) in [7, 11) is -1.39. The van der Waals surface area contributed by atoms with Crippen LogP contribution in [-0.2, 0) is 14.8 Å². The van der Waals surface area contributed by atoms with Gasteiger partial charge < -0.3 is 4.74 Å². The average Bonchev–Trinajstić information content (AvgIpc) is 2.55. The van der Waals surface area contributed by atoms with Crippen molar-refractivity contribution in [3.8, 4) is 0 Å². The minimum absolute atomic E-state index is 0.187. The minimum Gasteiger partial charge on any atom is -0.378 e. The Kier molecular flexibility index (Phi) is 5.24. The predicted octanol–water partition coefficient (Wildman–Crippen LogP) is 1.66. The van der Waals surface area contributed by atoms with E-state index in [4.69, 9.17) is 4.74 Å². The van der Waals surface area contributed by atoms with Gasteiger partial charge in [-0.2, -0.15) is 0 Å². The van der Waals surface area contributed by atoms with E-state index in [9.17, 15) is 8.42 Å². The van der Waals surface area contributed by atoms with E-state index in [0.29, 0.717) is 19.1 Å². The van der Waals surface area contributed by atoms with E-state index in [1.807, 2.05) is 12.3 Å². The summed E-state index contributed by atoms with van der Waals surface area (Å²) in [6.07, 6.45) is 5.62. The molecule has 2 atom stereocenters. The van der Waals surface area contributed by atoms with Crippen molar-refractivity contribution in [3.63, 3.8) is 0 Å². The van der Waals surface area contributed by atoms with E-state index in [1.54, 1.807) is 31.5 Å². The second-order valence-corrected chi connectivity index (χ2v) is 9.42. The van der Waals surface area contributed by atoms with E-state index < -0.39 is 10.0 Å². The molecule has 0 unspecified atom stereocenters. The van der Waals surface area contributed by atoms with Crippen molar-refractivity contribution in [2.24, 2.45) is 0 Å². The zero-order valence-electron chi connectivity index (χ0n) is 14.6. The summed E-state index contributed by atoms with van der Waals surface area (Å²) < 4.78 is 31.9. The Morgan fingerprint density at radius 3 is 2.54 bits per heavy atom. The number of likely N-dealkylation sites (tertiary alicyclic amines) is 1. The Balaban J connectivity index is 1.66. The number of methoxy groups -OCH3 is 1. The van der Waals surface area contributed by atoms with E-state index in [0.717, 1.165) is 19.4 Å². The molecule has 0 amide bonds. The van der Waals surface area contributed by atoms with Crippen molar-refractivity contribution < 1.29 is 13.2 Å². The van der Waals surface area contributed by atoms with Gasteiger partial charge in [0.15, 0.2) is 0 Å². The Labute approximate surface area is 144 Å². The molecule has 3 rings (SSSR count). The summed E-state index contributed by atoms with van der Waals surface area (Å²) >= 11 is 0. The number of nitrogens with zero attached hydrogens (tertiary/aromatic N) is 3. The molecule has 0 saturated carbocycles. The molecular weight excluding hydrogens is 326 g/mol. The lowest BCUT2D eigenvalue weighted by Crippen LogP contribution is -2.60. The maximum atomic E-state index is 12.3. The maximum Gasteiger partial charge on any atom is 0.216 e. The number of rotatable bonds is 5. The molecule has 0 aliphatic carbocycles. The molecular formula is C17H27N3O3S. The lowest BCUT2D eigenvalue weighted by molar-refractivity contribution is -0.114. The van der Waals surface area contributed by atoms with E-state index in [2.05, 4.69) is 16.0 Å². The molecule has 0 aromatic carbocycles. The molecule has 2 aliphatic heterocycles. The van der Waals surface area contributed by atoms with Gasteiger partial charge in [-0.3, -0.25) is 9.88 Å². The fraction of sp³-hybridized carbons (Fsp3) is 0.706. The van der Waals surface area contributed by atoms with Crippen LogP contribution < -0.4 is 0 Å². The van der Waals surface area contributed by atoms with E-state index in [-0.39, 0.29) is 17.4 Å². The van der Waals surface area contributed by atoms with Crippen LogP contribution in [0.4, 0.5) is 0 Å². The molecule has 1 aromatic heterocycles. The molecule has 134 valence electrons. The first-order valence-electron chi connectivity index (χ1n) is 8.62. The lowest BCUT2D eigenvalue weighted by Gasteiger charge is -2.52. The molecule has 7 heteroatoms. The van der Waals surface area contributed by atoms with Gasteiger partial charge in [0, 0.05) is 45.2 Å². The summed E-state index contributed by atoms with van der Waals surface area (Å²) in [5, 5.41) is -0.348. The van der Waals surface area contributed by atoms with Gasteiger partial charge in [0.25, 0.3) is 0 Å². The van der Waals surface area contributed by atoms with Crippen molar-refractivity contribution >= 4 is 10.0 Å². The molecule has 0 spiro atoms. The highest BCUT2D eigenvalue weighted by molar-refractivity contribution is 7.89. The standard InChI is InChI=1S/C17H27N3O3S/c1-13(2)24(21,22)19-9-6-15(7-10-19)20-12-16(23-3)17(20)14-5-4-8-18-11-14/h4-5,8,11,13,15-17H,6-7,9-10,12H2,1-3H3/t16-,17-/m0/s1. The number of hydrogen-bond acceptors (Lipinski definition) is 5. The second kappa shape index (κ2) is 7.07. The van der Waals surface area contributed by atoms with Crippen molar-refractivity contribution in [2.75, 3.05) is 26.7 Å². The predicted molar refractivity (Wildman–Crippen MR) is 93.1 cm³/mol. The molecule has 24 heavy (non-hydrogen) atoms. The summed E-state index contributed by atoms with van der Waals surface area (Å²) in [6.45, 7) is 5.62. The third-order valence-corrected chi connectivity index (χ3v) is 7.55. The van der Waals surface area contributed by atoms with Gasteiger partial charge >= 0.3 is 0 Å². The van der Waals surface area contributed by atoms with Crippen LogP contribution in [0, 0.1) is 0 Å². The SMILES string of the molecule is CO[C@H]1CN(C2CCN(S(=O)(=O)C(C)C)CC2)[C@H]1c1cccnc1.